The number of nitrogens with two attached hydrogens (primary N) is 1. The highest BCUT2D eigenvalue weighted by molar-refractivity contribution is 7.19. The zero-order valence-corrected chi connectivity index (χ0v) is 10.7. The number of hydrogen-bond acceptors (Lipinski definition) is 3. The van der Waals surface area contributed by atoms with Crippen molar-refractivity contribution in [2.75, 3.05) is 6.54 Å². The van der Waals surface area contributed by atoms with Crippen LogP contribution >= 0.6 is 11.3 Å². The summed E-state index contributed by atoms with van der Waals surface area (Å²) in [5.41, 5.74) is 7.57. The highest BCUT2D eigenvalue weighted by atomic mass is 32.1. The number of thiophene rings is 1. The van der Waals surface area contributed by atoms with Crippen molar-refractivity contribution < 1.29 is 9.90 Å². The molecule has 0 fully saturated rings. The molecule has 0 saturated heterocycles. The van der Waals surface area contributed by atoms with Gasteiger partial charge < -0.3 is 10.8 Å². The molecular weight excluding hydrogens is 234 g/mol. The zero-order chi connectivity index (χ0) is 12.6. The van der Waals surface area contributed by atoms with Gasteiger partial charge in [-0.2, -0.15) is 0 Å². The van der Waals surface area contributed by atoms with Crippen LogP contribution in [0.2, 0.25) is 0 Å². The Balaban J connectivity index is 2.54. The first-order chi connectivity index (χ1) is 8.04. The molecule has 17 heavy (non-hydrogen) atoms. The minimum absolute atomic E-state index is 0.129. The topological polar surface area (TPSA) is 63.3 Å². The summed E-state index contributed by atoms with van der Waals surface area (Å²) in [5, 5.41) is 10.3. The number of rotatable bonds is 3. The first-order valence-corrected chi connectivity index (χ1v) is 6.28. The molecule has 1 aromatic carbocycles. The molecule has 0 bridgehead atoms. The summed E-state index contributed by atoms with van der Waals surface area (Å²) in [6.07, 6.45) is 0. The van der Waals surface area contributed by atoms with Crippen LogP contribution in [-0.2, 0) is 4.79 Å². The predicted molar refractivity (Wildman–Crippen MR) is 70.7 cm³/mol. The molecule has 0 aliphatic carbocycles. The SMILES string of the molecule is Cc1sc2cc(C(CN)C(=O)O)ccc2c1C. The first-order valence-electron chi connectivity index (χ1n) is 5.47. The minimum Gasteiger partial charge on any atom is -0.481 e. The highest BCUT2D eigenvalue weighted by Crippen LogP contribution is 2.32. The summed E-state index contributed by atoms with van der Waals surface area (Å²) < 4.78 is 1.14. The number of aliphatic carboxylic acids is 1. The minimum atomic E-state index is -0.864. The third-order valence-corrected chi connectivity index (χ3v) is 4.31. The third kappa shape index (κ3) is 2.06. The van der Waals surface area contributed by atoms with E-state index in [1.165, 1.54) is 15.8 Å². The molecule has 1 heterocycles. The normalized spacial score (nSPS) is 12.9. The van der Waals surface area contributed by atoms with Crippen molar-refractivity contribution >= 4 is 27.4 Å². The quantitative estimate of drug-likeness (QED) is 0.879. The Morgan fingerprint density at radius 3 is 2.76 bits per heavy atom. The number of carbonyl (C=O) groups is 1. The lowest BCUT2D eigenvalue weighted by Crippen LogP contribution is -2.20. The van der Waals surface area contributed by atoms with E-state index in [-0.39, 0.29) is 6.54 Å². The van der Waals surface area contributed by atoms with Gasteiger partial charge in [0, 0.05) is 16.1 Å². The van der Waals surface area contributed by atoms with Gasteiger partial charge in [-0.05, 0) is 36.4 Å². The first kappa shape index (κ1) is 12.1. The summed E-state index contributed by atoms with van der Waals surface area (Å²) in [7, 11) is 0. The van der Waals surface area contributed by atoms with E-state index in [4.69, 9.17) is 10.8 Å². The fraction of sp³-hybridized carbons (Fsp3) is 0.308. The van der Waals surface area contributed by atoms with E-state index in [1.807, 2.05) is 18.2 Å². The molecule has 4 heteroatoms. The molecule has 90 valence electrons. The van der Waals surface area contributed by atoms with E-state index in [0.29, 0.717) is 0 Å². The molecule has 0 aliphatic heterocycles. The van der Waals surface area contributed by atoms with Crippen LogP contribution in [0.25, 0.3) is 10.1 Å². The van der Waals surface area contributed by atoms with E-state index in [1.54, 1.807) is 11.3 Å². The number of benzene rings is 1. The van der Waals surface area contributed by atoms with Gasteiger partial charge in [0.2, 0.25) is 0 Å². The summed E-state index contributed by atoms with van der Waals surface area (Å²) in [6, 6.07) is 5.81. The Morgan fingerprint density at radius 2 is 2.18 bits per heavy atom. The van der Waals surface area contributed by atoms with Crippen LogP contribution < -0.4 is 5.73 Å². The Morgan fingerprint density at radius 1 is 1.47 bits per heavy atom. The second-order valence-electron chi connectivity index (χ2n) is 4.17. The maximum atomic E-state index is 11.1. The molecule has 0 amide bonds. The Labute approximate surface area is 104 Å². The van der Waals surface area contributed by atoms with E-state index < -0.39 is 11.9 Å². The molecule has 2 rings (SSSR count). The largest absolute Gasteiger partial charge is 0.481 e. The highest BCUT2D eigenvalue weighted by Gasteiger charge is 2.18. The van der Waals surface area contributed by atoms with Gasteiger partial charge in [-0.3, -0.25) is 4.79 Å². The van der Waals surface area contributed by atoms with Crippen molar-refractivity contribution in [2.45, 2.75) is 19.8 Å². The average molecular weight is 249 g/mol. The number of aryl methyl sites for hydroxylation is 2. The molecule has 0 spiro atoms. The fourth-order valence-corrected chi connectivity index (χ4v) is 3.08. The third-order valence-electron chi connectivity index (χ3n) is 3.14. The van der Waals surface area contributed by atoms with Crippen molar-refractivity contribution in [3.63, 3.8) is 0 Å². The van der Waals surface area contributed by atoms with Crippen LogP contribution in [0.4, 0.5) is 0 Å². The number of carboxylic acids is 1. The van der Waals surface area contributed by atoms with Crippen molar-refractivity contribution in [3.8, 4) is 0 Å². The lowest BCUT2D eigenvalue weighted by Gasteiger charge is -2.09. The second-order valence-corrected chi connectivity index (χ2v) is 5.42. The lowest BCUT2D eigenvalue weighted by molar-refractivity contribution is -0.138. The van der Waals surface area contributed by atoms with Crippen LogP contribution in [0, 0.1) is 13.8 Å². The van der Waals surface area contributed by atoms with Gasteiger partial charge in [0.15, 0.2) is 0 Å². The zero-order valence-electron chi connectivity index (χ0n) is 9.86. The Hall–Kier alpha value is -1.39. The second kappa shape index (κ2) is 4.47. The van der Waals surface area contributed by atoms with Crippen LogP contribution in [0.1, 0.15) is 21.9 Å². The Bertz CT molecular complexity index is 574. The summed E-state index contributed by atoms with van der Waals surface area (Å²) in [6.45, 7) is 4.30. The lowest BCUT2D eigenvalue weighted by atomic mass is 9.98. The van der Waals surface area contributed by atoms with Crippen LogP contribution in [0.3, 0.4) is 0 Å². The molecule has 3 nitrogen and oxygen atoms in total. The standard InChI is InChI=1S/C13H15NO2S/c1-7-8(2)17-12-5-9(3-4-10(7)12)11(6-14)13(15)16/h3-5,11H,6,14H2,1-2H3,(H,15,16). The molecule has 0 radical (unpaired) electrons. The van der Waals surface area contributed by atoms with Crippen molar-refractivity contribution in [2.24, 2.45) is 5.73 Å². The molecular formula is C13H15NO2S. The van der Waals surface area contributed by atoms with Gasteiger partial charge in [0.25, 0.3) is 0 Å². The van der Waals surface area contributed by atoms with Crippen molar-refractivity contribution in [3.05, 3.63) is 34.2 Å². The molecule has 1 unspecified atom stereocenters. The smallest absolute Gasteiger partial charge is 0.312 e. The number of hydrogen-bond donors (Lipinski definition) is 2. The van der Waals surface area contributed by atoms with Gasteiger partial charge in [-0.25, -0.2) is 0 Å². The van der Waals surface area contributed by atoms with Gasteiger partial charge in [0.05, 0.1) is 5.92 Å². The monoisotopic (exact) mass is 249 g/mol. The van der Waals surface area contributed by atoms with E-state index in [9.17, 15) is 4.79 Å². The van der Waals surface area contributed by atoms with E-state index in [2.05, 4.69) is 13.8 Å². The molecule has 3 N–H and O–H groups in total. The molecule has 1 atom stereocenters. The van der Waals surface area contributed by atoms with Gasteiger partial charge >= 0.3 is 5.97 Å². The average Bonchev–Trinajstić information content (AvgIpc) is 2.55. The van der Waals surface area contributed by atoms with Crippen LogP contribution in [0.15, 0.2) is 18.2 Å². The molecule has 2 aromatic rings. The maximum Gasteiger partial charge on any atom is 0.312 e. The van der Waals surface area contributed by atoms with E-state index >= 15 is 0 Å². The number of fused-ring (bicyclic) bond motifs is 1. The van der Waals surface area contributed by atoms with Crippen molar-refractivity contribution in [1.29, 1.82) is 0 Å². The van der Waals surface area contributed by atoms with Crippen LogP contribution in [0.5, 0.6) is 0 Å². The summed E-state index contributed by atoms with van der Waals surface area (Å²) in [5.74, 6) is -1.47. The fourth-order valence-electron chi connectivity index (χ4n) is 1.96. The summed E-state index contributed by atoms with van der Waals surface area (Å²) >= 11 is 1.70. The summed E-state index contributed by atoms with van der Waals surface area (Å²) in [4.78, 5) is 12.3. The van der Waals surface area contributed by atoms with Gasteiger partial charge in [-0.15, -0.1) is 11.3 Å². The maximum absolute atomic E-state index is 11.1. The Kier molecular flexibility index (Phi) is 3.17. The predicted octanol–water partition coefficient (Wildman–Crippen LogP) is 2.65. The number of carboxylic acid groups (broad SMARTS) is 1. The molecule has 0 saturated carbocycles. The van der Waals surface area contributed by atoms with Gasteiger partial charge in [0.1, 0.15) is 0 Å². The molecule has 0 aliphatic rings. The van der Waals surface area contributed by atoms with E-state index in [0.717, 1.165) is 10.3 Å². The van der Waals surface area contributed by atoms with Gasteiger partial charge in [-0.1, -0.05) is 12.1 Å². The van der Waals surface area contributed by atoms with Crippen molar-refractivity contribution in [1.82, 2.24) is 0 Å². The van der Waals surface area contributed by atoms with Crippen LogP contribution in [-0.4, -0.2) is 17.6 Å². The molecule has 1 aromatic heterocycles.